The maximum atomic E-state index is 13.2. The number of aryl methyl sites for hydroxylation is 1. The average molecular weight is 412 g/mol. The number of hydrogen-bond acceptors (Lipinski definition) is 5. The largest absolute Gasteiger partial charge is 0.250 e. The molecule has 0 aliphatic heterocycles. The highest BCUT2D eigenvalue weighted by atomic mass is 35.5. The number of hydrogen-bond donors (Lipinski definition) is 0. The van der Waals surface area contributed by atoms with Gasteiger partial charge in [0.05, 0.1) is 22.2 Å². The lowest BCUT2D eigenvalue weighted by Gasteiger charge is -2.11. The molecule has 0 radical (unpaired) electrons. The van der Waals surface area contributed by atoms with Crippen LogP contribution in [0.3, 0.4) is 0 Å². The van der Waals surface area contributed by atoms with E-state index in [0.717, 1.165) is 11.6 Å². The van der Waals surface area contributed by atoms with Crippen molar-refractivity contribution in [2.24, 2.45) is 0 Å². The first-order valence-corrected chi connectivity index (χ1v) is 9.81. The van der Waals surface area contributed by atoms with E-state index in [9.17, 15) is 12.8 Å². The number of rotatable bonds is 4. The minimum absolute atomic E-state index is 0.214. The minimum atomic E-state index is -3.87. The van der Waals surface area contributed by atoms with Gasteiger partial charge in [0.25, 0.3) is 0 Å². The van der Waals surface area contributed by atoms with Crippen molar-refractivity contribution < 1.29 is 12.8 Å². The molecule has 0 bridgehead atoms. The lowest BCUT2D eigenvalue weighted by molar-refractivity contribution is 0.556. The molecule has 0 aliphatic carbocycles. The van der Waals surface area contributed by atoms with Crippen LogP contribution < -0.4 is 0 Å². The van der Waals surface area contributed by atoms with Gasteiger partial charge in [0.1, 0.15) is 5.15 Å². The summed E-state index contributed by atoms with van der Waals surface area (Å²) < 4.78 is 38.2. The Morgan fingerprint density at radius 2 is 1.85 bits per heavy atom. The Balaban J connectivity index is 2.03. The number of sulfone groups is 1. The summed E-state index contributed by atoms with van der Waals surface area (Å²) in [6, 6.07) is 8.37. The van der Waals surface area contributed by atoms with Crippen LogP contribution in [0.1, 0.15) is 11.3 Å². The van der Waals surface area contributed by atoms with E-state index in [4.69, 9.17) is 23.2 Å². The van der Waals surface area contributed by atoms with Gasteiger partial charge in [-0.3, -0.25) is 4.98 Å². The monoisotopic (exact) mass is 411 g/mol. The van der Waals surface area contributed by atoms with E-state index < -0.39 is 21.5 Å². The Morgan fingerprint density at radius 3 is 2.54 bits per heavy atom. The maximum Gasteiger partial charge on any atom is 0.214 e. The Kier molecular flexibility index (Phi) is 5.22. The molecule has 26 heavy (non-hydrogen) atoms. The fourth-order valence-electron chi connectivity index (χ4n) is 2.38. The van der Waals surface area contributed by atoms with Crippen molar-refractivity contribution in [2.45, 2.75) is 17.7 Å². The van der Waals surface area contributed by atoms with Gasteiger partial charge in [-0.2, -0.15) is 4.39 Å². The zero-order valence-corrected chi connectivity index (χ0v) is 15.8. The quantitative estimate of drug-likeness (QED) is 0.599. The summed E-state index contributed by atoms with van der Waals surface area (Å²) in [4.78, 5) is 11.8. The topological polar surface area (TPSA) is 72.8 Å². The third-order valence-corrected chi connectivity index (χ3v) is 5.73. The average Bonchev–Trinajstić information content (AvgIpc) is 2.57. The third-order valence-electron chi connectivity index (χ3n) is 3.60. The molecule has 0 saturated carbocycles. The lowest BCUT2D eigenvalue weighted by Crippen LogP contribution is -2.09. The van der Waals surface area contributed by atoms with Gasteiger partial charge in [0.2, 0.25) is 15.8 Å². The van der Waals surface area contributed by atoms with Crippen molar-refractivity contribution in [3.8, 4) is 11.3 Å². The van der Waals surface area contributed by atoms with Gasteiger partial charge in [0.15, 0.2) is 5.03 Å². The molecule has 0 unspecified atom stereocenters. The number of nitrogens with zero attached hydrogens (tertiary/aromatic N) is 3. The molecule has 9 heteroatoms. The molecule has 5 nitrogen and oxygen atoms in total. The summed E-state index contributed by atoms with van der Waals surface area (Å²) in [6.45, 7) is 1.82. The van der Waals surface area contributed by atoms with Gasteiger partial charge in [0, 0.05) is 11.8 Å². The molecule has 3 heterocycles. The van der Waals surface area contributed by atoms with Gasteiger partial charge >= 0.3 is 0 Å². The summed E-state index contributed by atoms with van der Waals surface area (Å²) in [6.07, 6.45) is 1.55. The maximum absolute atomic E-state index is 13.2. The Morgan fingerprint density at radius 1 is 1.08 bits per heavy atom. The predicted octanol–water partition coefficient (Wildman–Crippen LogP) is 4.27. The van der Waals surface area contributed by atoms with Crippen LogP contribution in [-0.4, -0.2) is 23.4 Å². The van der Waals surface area contributed by atoms with E-state index in [-0.39, 0.29) is 15.9 Å². The van der Waals surface area contributed by atoms with Crippen molar-refractivity contribution in [2.75, 3.05) is 0 Å². The number of pyridine rings is 3. The molecule has 0 saturated heterocycles. The zero-order chi connectivity index (χ0) is 18.9. The van der Waals surface area contributed by atoms with Crippen LogP contribution in [-0.2, 0) is 15.6 Å². The van der Waals surface area contributed by atoms with Crippen LogP contribution in [0.4, 0.5) is 4.39 Å². The third kappa shape index (κ3) is 3.85. The fraction of sp³-hybridized carbons (Fsp3) is 0.118. The summed E-state index contributed by atoms with van der Waals surface area (Å²) >= 11 is 12.4. The molecule has 0 aromatic carbocycles. The summed E-state index contributed by atoms with van der Waals surface area (Å²) in [5.41, 5.74) is 1.89. The van der Waals surface area contributed by atoms with E-state index in [0.29, 0.717) is 16.3 Å². The smallest absolute Gasteiger partial charge is 0.214 e. The molecule has 0 fully saturated rings. The van der Waals surface area contributed by atoms with Gasteiger partial charge in [-0.25, -0.2) is 18.4 Å². The summed E-state index contributed by atoms with van der Waals surface area (Å²) in [5.74, 6) is -1.32. The highest BCUT2D eigenvalue weighted by Gasteiger charge is 2.20. The molecule has 0 atom stereocenters. The van der Waals surface area contributed by atoms with Gasteiger partial charge in [-0.1, -0.05) is 29.3 Å². The second-order valence-electron chi connectivity index (χ2n) is 5.48. The van der Waals surface area contributed by atoms with E-state index >= 15 is 0 Å². The molecular formula is C17H12Cl2FN3O2S. The van der Waals surface area contributed by atoms with Gasteiger partial charge < -0.3 is 0 Å². The zero-order valence-electron chi connectivity index (χ0n) is 13.4. The summed E-state index contributed by atoms with van der Waals surface area (Å²) in [5, 5.41) is 0.172. The molecule has 3 rings (SSSR count). The molecule has 3 aromatic rings. The van der Waals surface area contributed by atoms with Crippen LogP contribution in [0.2, 0.25) is 10.2 Å². The van der Waals surface area contributed by atoms with E-state index in [1.165, 1.54) is 24.3 Å². The van der Waals surface area contributed by atoms with E-state index in [1.807, 2.05) is 6.92 Å². The molecule has 0 spiro atoms. The lowest BCUT2D eigenvalue weighted by atomic mass is 10.1. The minimum Gasteiger partial charge on any atom is -0.250 e. The van der Waals surface area contributed by atoms with Gasteiger partial charge in [-0.15, -0.1) is 0 Å². The van der Waals surface area contributed by atoms with Crippen molar-refractivity contribution in [3.05, 3.63) is 70.0 Å². The van der Waals surface area contributed by atoms with E-state index in [1.54, 1.807) is 12.3 Å². The molecule has 0 aliphatic rings. The molecule has 0 N–H and O–H groups in total. The number of halogens is 3. The normalized spacial score (nSPS) is 11.5. The fourth-order valence-corrected chi connectivity index (χ4v) is 4.08. The van der Waals surface area contributed by atoms with Crippen molar-refractivity contribution in [1.29, 1.82) is 0 Å². The standard InChI is InChI=1S/C17H12Cl2FN3O2S/c1-10-7-8-21-17(19)15(10)16-12(18)6-5-11(22-16)9-26(24,25)14-4-2-3-13(20)23-14/h2-8H,9H2,1H3. The first kappa shape index (κ1) is 18.7. The number of aromatic nitrogens is 3. The van der Waals surface area contributed by atoms with Crippen LogP contribution in [0, 0.1) is 12.9 Å². The van der Waals surface area contributed by atoms with Gasteiger partial charge in [-0.05, 0) is 42.8 Å². The second kappa shape index (κ2) is 7.26. The first-order valence-electron chi connectivity index (χ1n) is 7.40. The van der Waals surface area contributed by atoms with Crippen molar-refractivity contribution in [3.63, 3.8) is 0 Å². The summed E-state index contributed by atoms with van der Waals surface area (Å²) in [7, 11) is -3.87. The van der Waals surface area contributed by atoms with Crippen LogP contribution in [0.5, 0.6) is 0 Å². The molecule has 0 amide bonds. The van der Waals surface area contributed by atoms with E-state index in [2.05, 4.69) is 15.0 Å². The Hall–Kier alpha value is -2.09. The Labute approximate surface area is 159 Å². The van der Waals surface area contributed by atoms with Crippen molar-refractivity contribution >= 4 is 33.0 Å². The second-order valence-corrected chi connectivity index (χ2v) is 8.19. The van der Waals surface area contributed by atoms with Crippen LogP contribution >= 0.6 is 23.2 Å². The molecule has 3 aromatic heterocycles. The SMILES string of the molecule is Cc1ccnc(Cl)c1-c1nc(CS(=O)(=O)c2cccc(F)n2)ccc1Cl. The highest BCUT2D eigenvalue weighted by Crippen LogP contribution is 2.33. The van der Waals surface area contributed by atoms with Crippen LogP contribution in [0.15, 0.2) is 47.6 Å². The molecular weight excluding hydrogens is 400 g/mol. The first-order chi connectivity index (χ1) is 12.3. The highest BCUT2D eigenvalue weighted by molar-refractivity contribution is 7.90. The molecule has 134 valence electrons. The van der Waals surface area contributed by atoms with Crippen LogP contribution in [0.25, 0.3) is 11.3 Å². The van der Waals surface area contributed by atoms with Crippen molar-refractivity contribution in [1.82, 2.24) is 15.0 Å². The Bertz CT molecular complexity index is 1070. The predicted molar refractivity (Wildman–Crippen MR) is 97.3 cm³/mol.